The normalized spacial score (nSPS) is 20.8. The van der Waals surface area contributed by atoms with Crippen LogP contribution in [0.15, 0.2) is 42.0 Å². The number of fused-ring (bicyclic) bond motifs is 2. The fourth-order valence-electron chi connectivity index (χ4n) is 4.36. The molecule has 5 rings (SSSR count). The van der Waals surface area contributed by atoms with Gasteiger partial charge >= 0.3 is 0 Å². The summed E-state index contributed by atoms with van der Waals surface area (Å²) < 4.78 is 22.5. The van der Waals surface area contributed by atoms with Crippen LogP contribution >= 0.6 is 0 Å². The van der Waals surface area contributed by atoms with E-state index < -0.39 is 17.7 Å². The van der Waals surface area contributed by atoms with Gasteiger partial charge in [-0.2, -0.15) is 0 Å². The van der Waals surface area contributed by atoms with Crippen molar-refractivity contribution >= 4 is 17.4 Å². The minimum atomic E-state index is -0.736. The molecule has 1 atom stereocenters. The molecule has 3 heterocycles. The van der Waals surface area contributed by atoms with Gasteiger partial charge in [-0.3, -0.25) is 9.59 Å². The van der Waals surface area contributed by atoms with E-state index in [4.69, 9.17) is 18.9 Å². The van der Waals surface area contributed by atoms with E-state index in [-0.39, 0.29) is 11.3 Å². The number of rotatable bonds is 5. The molecule has 1 unspecified atom stereocenters. The van der Waals surface area contributed by atoms with E-state index in [1.807, 2.05) is 6.92 Å². The lowest BCUT2D eigenvalue weighted by Gasteiger charge is -2.27. The fraction of sp³-hybridized carbons (Fsp3) is 0.360. The highest BCUT2D eigenvalue weighted by Crippen LogP contribution is 2.43. The van der Waals surface area contributed by atoms with Gasteiger partial charge in [0.2, 0.25) is 0 Å². The number of carbonyl (C=O) groups is 2. The van der Waals surface area contributed by atoms with E-state index in [2.05, 4.69) is 0 Å². The van der Waals surface area contributed by atoms with Crippen LogP contribution in [0, 0.1) is 0 Å². The Balaban J connectivity index is 1.62. The molecule has 1 fully saturated rings. The number of likely N-dealkylation sites (tertiary alicyclic amines) is 1. The first-order valence-electron chi connectivity index (χ1n) is 11.2. The summed E-state index contributed by atoms with van der Waals surface area (Å²) in [5.74, 6) is 0.650. The number of ether oxygens (including phenoxy) is 4. The van der Waals surface area contributed by atoms with Crippen LogP contribution < -0.4 is 18.9 Å². The first-order valence-corrected chi connectivity index (χ1v) is 11.2. The molecular weight excluding hydrogens is 426 g/mol. The molecule has 0 aliphatic carbocycles. The third kappa shape index (κ3) is 3.75. The summed E-state index contributed by atoms with van der Waals surface area (Å²) in [5.41, 5.74) is 1.10. The summed E-state index contributed by atoms with van der Waals surface area (Å²) >= 11 is 0. The lowest BCUT2D eigenvalue weighted by Crippen LogP contribution is -2.30. The molecule has 8 nitrogen and oxygen atoms in total. The molecule has 3 aliphatic heterocycles. The smallest absolute Gasteiger partial charge is 0.295 e. The van der Waals surface area contributed by atoms with Crippen molar-refractivity contribution in [1.82, 2.24) is 4.90 Å². The number of carbonyl (C=O) groups excluding carboxylic acids is 2. The summed E-state index contributed by atoms with van der Waals surface area (Å²) in [6.07, 6.45) is 1.59. The molecule has 1 saturated heterocycles. The highest BCUT2D eigenvalue weighted by Gasteiger charge is 2.46. The molecule has 0 bridgehead atoms. The Kier molecular flexibility index (Phi) is 5.58. The van der Waals surface area contributed by atoms with Crippen molar-refractivity contribution in [1.29, 1.82) is 0 Å². The Hall–Kier alpha value is -3.68. The molecule has 3 aliphatic rings. The van der Waals surface area contributed by atoms with Crippen molar-refractivity contribution in [2.24, 2.45) is 0 Å². The SMILES string of the molecule is CCCCN1C(=O)C(=O)/C(=C(\O)c2ccc3c(c2)OCCO3)C1c1ccc2c(c1)OCCO2. The number of benzene rings is 2. The van der Waals surface area contributed by atoms with Gasteiger partial charge in [0.15, 0.2) is 23.0 Å². The molecule has 8 heteroatoms. The maximum Gasteiger partial charge on any atom is 0.295 e. The quantitative estimate of drug-likeness (QED) is 0.423. The average Bonchev–Trinajstić information content (AvgIpc) is 3.11. The monoisotopic (exact) mass is 451 g/mol. The van der Waals surface area contributed by atoms with Crippen LogP contribution in [0.4, 0.5) is 0 Å². The Labute approximate surface area is 191 Å². The van der Waals surface area contributed by atoms with Gasteiger partial charge in [0, 0.05) is 12.1 Å². The number of ketones is 1. The van der Waals surface area contributed by atoms with Crippen LogP contribution in [0.2, 0.25) is 0 Å². The van der Waals surface area contributed by atoms with Crippen LogP contribution in [-0.4, -0.2) is 54.7 Å². The standard InChI is InChI=1S/C25H25NO7/c1-2-3-8-26-22(15-4-6-17-19(13-15)32-11-9-30-17)21(24(28)25(26)29)23(27)16-5-7-18-20(14-16)33-12-10-31-18/h4-7,13-14,22,27H,2-3,8-12H2,1H3/b23-21-. The zero-order valence-electron chi connectivity index (χ0n) is 18.3. The largest absolute Gasteiger partial charge is 0.507 e. The van der Waals surface area contributed by atoms with Crippen LogP contribution in [0.25, 0.3) is 5.76 Å². The van der Waals surface area contributed by atoms with Gasteiger partial charge in [0.05, 0.1) is 11.6 Å². The highest BCUT2D eigenvalue weighted by atomic mass is 16.6. The van der Waals surface area contributed by atoms with E-state index in [9.17, 15) is 14.7 Å². The maximum absolute atomic E-state index is 13.1. The van der Waals surface area contributed by atoms with E-state index >= 15 is 0 Å². The minimum Gasteiger partial charge on any atom is -0.507 e. The lowest BCUT2D eigenvalue weighted by atomic mass is 9.94. The first-order chi connectivity index (χ1) is 16.1. The minimum absolute atomic E-state index is 0.0458. The first kappa shape index (κ1) is 21.2. The zero-order chi connectivity index (χ0) is 22.9. The van der Waals surface area contributed by atoms with Crippen LogP contribution in [0.1, 0.15) is 36.9 Å². The third-order valence-corrected chi connectivity index (χ3v) is 5.99. The van der Waals surface area contributed by atoms with E-state index in [1.54, 1.807) is 36.4 Å². The number of aliphatic hydroxyl groups excluding tert-OH is 1. The predicted molar refractivity (Wildman–Crippen MR) is 119 cm³/mol. The molecular formula is C25H25NO7. The number of hydrogen-bond acceptors (Lipinski definition) is 7. The Morgan fingerprint density at radius 2 is 1.52 bits per heavy atom. The van der Waals surface area contributed by atoms with Crippen LogP contribution in [0.5, 0.6) is 23.0 Å². The van der Waals surface area contributed by atoms with Crippen molar-refractivity contribution in [3.63, 3.8) is 0 Å². The van der Waals surface area contributed by atoms with E-state index in [0.29, 0.717) is 67.1 Å². The van der Waals surface area contributed by atoms with Crippen molar-refractivity contribution < 1.29 is 33.6 Å². The summed E-state index contributed by atoms with van der Waals surface area (Å²) in [6.45, 7) is 4.15. The number of unbranched alkanes of at least 4 members (excludes halogenated alkanes) is 1. The number of hydrogen-bond donors (Lipinski definition) is 1. The molecule has 172 valence electrons. The Bertz CT molecular complexity index is 1140. The Morgan fingerprint density at radius 3 is 2.18 bits per heavy atom. The second kappa shape index (κ2) is 8.69. The predicted octanol–water partition coefficient (Wildman–Crippen LogP) is 3.45. The molecule has 1 amide bonds. The van der Waals surface area contributed by atoms with Crippen molar-refractivity contribution in [3.05, 3.63) is 53.1 Å². The topological polar surface area (TPSA) is 94.5 Å². The fourth-order valence-corrected chi connectivity index (χ4v) is 4.36. The molecule has 2 aromatic rings. The second-order valence-electron chi connectivity index (χ2n) is 8.11. The van der Waals surface area contributed by atoms with Gasteiger partial charge in [-0.15, -0.1) is 0 Å². The average molecular weight is 451 g/mol. The lowest BCUT2D eigenvalue weighted by molar-refractivity contribution is -0.139. The Morgan fingerprint density at radius 1 is 0.909 bits per heavy atom. The van der Waals surface area contributed by atoms with Gasteiger partial charge in [0.25, 0.3) is 11.7 Å². The molecule has 0 spiro atoms. The molecule has 0 radical (unpaired) electrons. The molecule has 33 heavy (non-hydrogen) atoms. The maximum atomic E-state index is 13.1. The van der Waals surface area contributed by atoms with Crippen LogP contribution in [0.3, 0.4) is 0 Å². The number of aliphatic hydroxyl groups is 1. The van der Waals surface area contributed by atoms with Gasteiger partial charge in [0.1, 0.15) is 32.2 Å². The number of nitrogens with zero attached hydrogens (tertiary/aromatic N) is 1. The van der Waals surface area contributed by atoms with Crippen molar-refractivity contribution in [3.8, 4) is 23.0 Å². The highest BCUT2D eigenvalue weighted by molar-refractivity contribution is 6.46. The third-order valence-electron chi connectivity index (χ3n) is 5.99. The summed E-state index contributed by atoms with van der Waals surface area (Å²) in [5, 5.41) is 11.3. The molecule has 0 saturated carbocycles. The number of Topliss-reactive ketones (excluding diaryl/α,β-unsaturated/α-hetero) is 1. The van der Waals surface area contributed by atoms with Crippen LogP contribution in [-0.2, 0) is 9.59 Å². The number of amides is 1. The van der Waals surface area contributed by atoms with Crippen molar-refractivity contribution in [2.45, 2.75) is 25.8 Å². The second-order valence-corrected chi connectivity index (χ2v) is 8.11. The van der Waals surface area contributed by atoms with Gasteiger partial charge < -0.3 is 29.0 Å². The van der Waals surface area contributed by atoms with Crippen molar-refractivity contribution in [2.75, 3.05) is 33.0 Å². The molecule has 2 aromatic carbocycles. The van der Waals surface area contributed by atoms with Gasteiger partial charge in [-0.25, -0.2) is 0 Å². The van der Waals surface area contributed by atoms with Gasteiger partial charge in [-0.1, -0.05) is 19.4 Å². The summed E-state index contributed by atoms with van der Waals surface area (Å²) in [4.78, 5) is 27.7. The molecule has 1 N–H and O–H groups in total. The van der Waals surface area contributed by atoms with E-state index in [1.165, 1.54) is 4.90 Å². The summed E-state index contributed by atoms with van der Waals surface area (Å²) in [7, 11) is 0. The molecule has 0 aromatic heterocycles. The summed E-state index contributed by atoms with van der Waals surface area (Å²) in [6, 6.07) is 9.60. The zero-order valence-corrected chi connectivity index (χ0v) is 18.3. The van der Waals surface area contributed by atoms with Gasteiger partial charge in [-0.05, 0) is 42.3 Å². The van der Waals surface area contributed by atoms with E-state index in [0.717, 1.165) is 12.8 Å².